The summed E-state index contributed by atoms with van der Waals surface area (Å²) >= 11 is 3.30. The lowest BCUT2D eigenvalue weighted by Crippen LogP contribution is -2.25. The van der Waals surface area contributed by atoms with Crippen LogP contribution >= 0.6 is 22.7 Å². The second-order valence-corrected chi connectivity index (χ2v) is 4.73. The standard InChI is InChI=1S/C10H12N2S2/c11-9(7-1-3-13-5-7)10(12)8-2-4-14-6-8/h1-6,9-10H,11-12H2. The molecule has 0 aliphatic carbocycles. The van der Waals surface area contributed by atoms with Gasteiger partial charge in [-0.15, -0.1) is 0 Å². The molecule has 0 fully saturated rings. The number of rotatable bonds is 3. The van der Waals surface area contributed by atoms with Gasteiger partial charge in [0.1, 0.15) is 0 Å². The molecule has 4 N–H and O–H groups in total. The monoisotopic (exact) mass is 224 g/mol. The van der Waals surface area contributed by atoms with Crippen LogP contribution in [0.4, 0.5) is 0 Å². The molecule has 0 saturated heterocycles. The highest BCUT2D eigenvalue weighted by atomic mass is 32.1. The van der Waals surface area contributed by atoms with Gasteiger partial charge in [-0.1, -0.05) is 0 Å². The van der Waals surface area contributed by atoms with E-state index in [9.17, 15) is 0 Å². The number of nitrogens with two attached hydrogens (primary N) is 2. The fourth-order valence-electron chi connectivity index (χ4n) is 1.34. The molecule has 2 atom stereocenters. The SMILES string of the molecule is NC(c1ccsc1)C(N)c1ccsc1. The van der Waals surface area contributed by atoms with Crippen LogP contribution in [0, 0.1) is 0 Å². The Kier molecular flexibility index (Phi) is 2.98. The lowest BCUT2D eigenvalue weighted by atomic mass is 9.99. The highest BCUT2D eigenvalue weighted by Gasteiger charge is 2.17. The molecular formula is C10H12N2S2. The van der Waals surface area contributed by atoms with Gasteiger partial charge in [0, 0.05) is 12.1 Å². The van der Waals surface area contributed by atoms with E-state index in [1.54, 1.807) is 22.7 Å². The Bertz CT molecular complexity index is 328. The van der Waals surface area contributed by atoms with Gasteiger partial charge in [0.05, 0.1) is 0 Å². The molecule has 0 aliphatic heterocycles. The Morgan fingerprint density at radius 3 is 1.57 bits per heavy atom. The third kappa shape index (κ3) is 1.88. The fourth-order valence-corrected chi connectivity index (χ4v) is 2.76. The largest absolute Gasteiger partial charge is 0.322 e. The highest BCUT2D eigenvalue weighted by molar-refractivity contribution is 7.08. The minimum atomic E-state index is -0.101. The van der Waals surface area contributed by atoms with Gasteiger partial charge < -0.3 is 11.5 Å². The molecular weight excluding hydrogens is 212 g/mol. The van der Waals surface area contributed by atoms with Crippen molar-refractivity contribution in [1.82, 2.24) is 0 Å². The Hall–Kier alpha value is -0.680. The molecule has 74 valence electrons. The van der Waals surface area contributed by atoms with Gasteiger partial charge in [-0.05, 0) is 44.8 Å². The van der Waals surface area contributed by atoms with Crippen molar-refractivity contribution in [3.63, 3.8) is 0 Å². The van der Waals surface area contributed by atoms with Crippen molar-refractivity contribution in [2.75, 3.05) is 0 Å². The molecule has 14 heavy (non-hydrogen) atoms. The van der Waals surface area contributed by atoms with Crippen molar-refractivity contribution in [1.29, 1.82) is 0 Å². The van der Waals surface area contributed by atoms with E-state index >= 15 is 0 Å². The van der Waals surface area contributed by atoms with Crippen molar-refractivity contribution in [3.05, 3.63) is 44.8 Å². The van der Waals surface area contributed by atoms with Gasteiger partial charge in [0.15, 0.2) is 0 Å². The maximum Gasteiger partial charge on any atom is 0.0499 e. The molecule has 2 heterocycles. The molecule has 2 nitrogen and oxygen atoms in total. The predicted octanol–water partition coefficient (Wildman–Crippen LogP) is 2.51. The number of hydrogen-bond acceptors (Lipinski definition) is 4. The molecule has 0 spiro atoms. The van der Waals surface area contributed by atoms with E-state index in [0.717, 1.165) is 11.1 Å². The first-order valence-electron chi connectivity index (χ1n) is 4.34. The summed E-state index contributed by atoms with van der Waals surface area (Å²) in [5.41, 5.74) is 14.4. The van der Waals surface area contributed by atoms with Crippen LogP contribution in [0.1, 0.15) is 23.2 Å². The van der Waals surface area contributed by atoms with Gasteiger partial charge >= 0.3 is 0 Å². The molecule has 0 saturated carbocycles. The van der Waals surface area contributed by atoms with Crippen LogP contribution in [0.15, 0.2) is 33.7 Å². The lowest BCUT2D eigenvalue weighted by molar-refractivity contribution is 0.577. The molecule has 0 aliphatic rings. The third-order valence-corrected chi connectivity index (χ3v) is 3.65. The second kappa shape index (κ2) is 4.23. The summed E-state index contributed by atoms with van der Waals surface area (Å²) in [6.07, 6.45) is 0. The summed E-state index contributed by atoms with van der Waals surface area (Å²) in [7, 11) is 0. The summed E-state index contributed by atoms with van der Waals surface area (Å²) in [4.78, 5) is 0. The molecule has 0 amide bonds. The van der Waals surface area contributed by atoms with Gasteiger partial charge in [-0.3, -0.25) is 0 Å². The van der Waals surface area contributed by atoms with E-state index in [-0.39, 0.29) is 12.1 Å². The summed E-state index contributed by atoms with van der Waals surface area (Å²) in [5.74, 6) is 0. The third-order valence-electron chi connectivity index (χ3n) is 2.24. The summed E-state index contributed by atoms with van der Waals surface area (Å²) in [6, 6.07) is 3.86. The molecule has 2 aromatic rings. The maximum absolute atomic E-state index is 6.06. The molecule has 4 heteroatoms. The van der Waals surface area contributed by atoms with Crippen LogP contribution in [-0.2, 0) is 0 Å². The zero-order valence-electron chi connectivity index (χ0n) is 7.59. The predicted molar refractivity (Wildman–Crippen MR) is 62.5 cm³/mol. The second-order valence-electron chi connectivity index (χ2n) is 3.16. The number of thiophene rings is 2. The van der Waals surface area contributed by atoms with Crippen LogP contribution in [0.2, 0.25) is 0 Å². The van der Waals surface area contributed by atoms with E-state index in [4.69, 9.17) is 11.5 Å². The Labute approximate surface area is 91.2 Å². The first kappa shape index (κ1) is 9.86. The minimum absolute atomic E-state index is 0.101. The Morgan fingerprint density at radius 1 is 0.857 bits per heavy atom. The van der Waals surface area contributed by atoms with E-state index < -0.39 is 0 Å². The minimum Gasteiger partial charge on any atom is -0.322 e. The normalized spacial score (nSPS) is 15.3. The number of hydrogen-bond donors (Lipinski definition) is 2. The van der Waals surface area contributed by atoms with Crippen LogP contribution in [0.25, 0.3) is 0 Å². The highest BCUT2D eigenvalue weighted by Crippen LogP contribution is 2.27. The summed E-state index contributed by atoms with van der Waals surface area (Å²) < 4.78 is 0. The molecule has 2 unspecified atom stereocenters. The zero-order chi connectivity index (χ0) is 9.97. The fraction of sp³-hybridized carbons (Fsp3) is 0.200. The van der Waals surface area contributed by atoms with E-state index in [1.807, 2.05) is 22.9 Å². The zero-order valence-corrected chi connectivity index (χ0v) is 9.22. The van der Waals surface area contributed by atoms with E-state index in [2.05, 4.69) is 10.8 Å². The van der Waals surface area contributed by atoms with Crippen LogP contribution in [-0.4, -0.2) is 0 Å². The van der Waals surface area contributed by atoms with Crippen LogP contribution < -0.4 is 11.5 Å². The van der Waals surface area contributed by atoms with Crippen molar-refractivity contribution < 1.29 is 0 Å². The summed E-state index contributed by atoms with van der Waals surface area (Å²) in [6.45, 7) is 0. The average molecular weight is 224 g/mol. The van der Waals surface area contributed by atoms with Gasteiger partial charge in [-0.25, -0.2) is 0 Å². The first-order chi connectivity index (χ1) is 6.79. The Balaban J connectivity index is 2.16. The van der Waals surface area contributed by atoms with Crippen molar-refractivity contribution in [2.24, 2.45) is 11.5 Å². The van der Waals surface area contributed by atoms with Crippen molar-refractivity contribution in [2.45, 2.75) is 12.1 Å². The van der Waals surface area contributed by atoms with Crippen molar-refractivity contribution >= 4 is 22.7 Å². The van der Waals surface area contributed by atoms with Crippen molar-refractivity contribution in [3.8, 4) is 0 Å². The van der Waals surface area contributed by atoms with Gasteiger partial charge in [0.25, 0.3) is 0 Å². The van der Waals surface area contributed by atoms with Gasteiger partial charge in [0.2, 0.25) is 0 Å². The molecule has 2 aromatic heterocycles. The van der Waals surface area contributed by atoms with Crippen LogP contribution in [0.3, 0.4) is 0 Å². The topological polar surface area (TPSA) is 52.0 Å². The molecule has 2 rings (SSSR count). The van der Waals surface area contributed by atoms with E-state index in [0.29, 0.717) is 0 Å². The molecule has 0 aromatic carbocycles. The first-order valence-corrected chi connectivity index (χ1v) is 6.23. The Morgan fingerprint density at radius 2 is 1.29 bits per heavy atom. The average Bonchev–Trinajstić information content (AvgIpc) is 2.87. The van der Waals surface area contributed by atoms with E-state index in [1.165, 1.54) is 0 Å². The smallest absolute Gasteiger partial charge is 0.0499 e. The molecule has 0 radical (unpaired) electrons. The quantitative estimate of drug-likeness (QED) is 0.841. The summed E-state index contributed by atoms with van der Waals surface area (Å²) in [5, 5.41) is 8.15. The van der Waals surface area contributed by atoms with Crippen LogP contribution in [0.5, 0.6) is 0 Å². The maximum atomic E-state index is 6.06. The lowest BCUT2D eigenvalue weighted by Gasteiger charge is -2.17. The molecule has 0 bridgehead atoms. The van der Waals surface area contributed by atoms with Gasteiger partial charge in [-0.2, -0.15) is 22.7 Å².